The zero-order chi connectivity index (χ0) is 9.71. The molecule has 1 aliphatic carbocycles. The molecule has 0 bridgehead atoms. The largest absolute Gasteiger partial charge is 0.282 e. The summed E-state index contributed by atoms with van der Waals surface area (Å²) in [5.74, 6) is -0.582. The number of amides is 2. The molecule has 0 unspecified atom stereocenters. The highest BCUT2D eigenvalue weighted by Gasteiger charge is 2.45. The average Bonchev–Trinajstić information content (AvgIpc) is 2.99. The topological polar surface area (TPSA) is 63.2 Å². The van der Waals surface area contributed by atoms with Crippen LogP contribution < -0.4 is 0 Å². The normalized spacial score (nSPS) is 20.1. The van der Waals surface area contributed by atoms with Gasteiger partial charge in [-0.2, -0.15) is 0 Å². The molecule has 1 aromatic heterocycles. The Morgan fingerprint density at radius 3 is 2.00 bits per heavy atom. The lowest BCUT2D eigenvalue weighted by Gasteiger charge is -2.10. The van der Waals surface area contributed by atoms with Crippen molar-refractivity contribution in [2.75, 3.05) is 0 Å². The molecule has 3 rings (SSSR count). The number of aromatic nitrogens is 2. The van der Waals surface area contributed by atoms with Crippen molar-refractivity contribution in [2.45, 2.75) is 18.9 Å². The van der Waals surface area contributed by atoms with Crippen molar-refractivity contribution in [3.8, 4) is 0 Å². The molecule has 1 aliphatic heterocycles. The van der Waals surface area contributed by atoms with E-state index in [2.05, 4.69) is 9.97 Å². The average molecular weight is 189 g/mol. The number of nitrogens with zero attached hydrogens (tertiary/aromatic N) is 3. The monoisotopic (exact) mass is 189 g/mol. The summed E-state index contributed by atoms with van der Waals surface area (Å²) in [4.78, 5) is 32.4. The van der Waals surface area contributed by atoms with E-state index in [1.165, 1.54) is 17.3 Å². The highest BCUT2D eigenvalue weighted by Crippen LogP contribution is 2.32. The number of rotatable bonds is 1. The second kappa shape index (κ2) is 2.37. The van der Waals surface area contributed by atoms with Crippen LogP contribution in [0.3, 0.4) is 0 Å². The lowest BCUT2D eigenvalue weighted by molar-refractivity contribution is 0.0639. The fourth-order valence-electron chi connectivity index (χ4n) is 1.64. The predicted octanol–water partition coefficient (Wildman–Crippen LogP) is 0.235. The molecule has 1 aromatic rings. The summed E-state index contributed by atoms with van der Waals surface area (Å²) in [6.45, 7) is 0. The second-order valence-electron chi connectivity index (χ2n) is 3.47. The summed E-state index contributed by atoms with van der Waals surface area (Å²) in [5.41, 5.74) is 0.397. The number of imide groups is 1. The van der Waals surface area contributed by atoms with E-state index in [1.807, 2.05) is 0 Å². The van der Waals surface area contributed by atoms with E-state index < -0.39 is 0 Å². The van der Waals surface area contributed by atoms with E-state index in [-0.39, 0.29) is 29.2 Å². The summed E-state index contributed by atoms with van der Waals surface area (Å²) < 4.78 is 0. The quantitative estimate of drug-likeness (QED) is 0.593. The smallest absolute Gasteiger partial charge is 0.268 e. The van der Waals surface area contributed by atoms with Gasteiger partial charge in [0.25, 0.3) is 11.8 Å². The lowest BCUT2D eigenvalue weighted by atomic mass is 10.3. The molecule has 70 valence electrons. The van der Waals surface area contributed by atoms with Gasteiger partial charge in [-0.3, -0.25) is 14.5 Å². The molecule has 1 saturated carbocycles. The standard InChI is InChI=1S/C9H7N3O2/c13-8-6-7(11-4-3-10-6)9(14)12(8)5-1-2-5/h3-5H,1-2H2. The van der Waals surface area contributed by atoms with Gasteiger partial charge < -0.3 is 0 Å². The zero-order valence-electron chi connectivity index (χ0n) is 7.30. The van der Waals surface area contributed by atoms with Crippen LogP contribution in [0.15, 0.2) is 12.4 Å². The Hall–Kier alpha value is -1.78. The Bertz CT molecular complexity index is 404. The molecule has 2 heterocycles. The Labute approximate surface area is 79.8 Å². The first kappa shape index (κ1) is 7.61. The number of fused-ring (bicyclic) bond motifs is 1. The fourth-order valence-corrected chi connectivity index (χ4v) is 1.64. The summed E-state index contributed by atoms with van der Waals surface area (Å²) in [5, 5.41) is 0. The van der Waals surface area contributed by atoms with E-state index in [0.717, 1.165) is 12.8 Å². The minimum absolute atomic E-state index is 0.0889. The minimum Gasteiger partial charge on any atom is -0.268 e. The van der Waals surface area contributed by atoms with E-state index in [1.54, 1.807) is 0 Å². The van der Waals surface area contributed by atoms with Crippen LogP contribution in [-0.2, 0) is 0 Å². The third-order valence-electron chi connectivity index (χ3n) is 2.45. The number of hydrogen-bond acceptors (Lipinski definition) is 4. The van der Waals surface area contributed by atoms with E-state index >= 15 is 0 Å². The minimum atomic E-state index is -0.291. The fraction of sp³-hybridized carbons (Fsp3) is 0.333. The van der Waals surface area contributed by atoms with Crippen molar-refractivity contribution in [1.82, 2.24) is 14.9 Å². The molecule has 2 amide bonds. The van der Waals surface area contributed by atoms with Crippen molar-refractivity contribution in [1.29, 1.82) is 0 Å². The van der Waals surface area contributed by atoms with Crippen LogP contribution >= 0.6 is 0 Å². The van der Waals surface area contributed by atoms with Gasteiger partial charge >= 0.3 is 0 Å². The number of hydrogen-bond donors (Lipinski definition) is 0. The molecule has 0 radical (unpaired) electrons. The molecule has 0 spiro atoms. The molecule has 0 aromatic carbocycles. The molecule has 2 aliphatic rings. The van der Waals surface area contributed by atoms with Gasteiger partial charge in [0, 0.05) is 18.4 Å². The third-order valence-corrected chi connectivity index (χ3v) is 2.45. The van der Waals surface area contributed by atoms with Gasteiger partial charge in [-0.25, -0.2) is 9.97 Å². The summed E-state index contributed by atoms with van der Waals surface area (Å²) >= 11 is 0. The molecule has 0 N–H and O–H groups in total. The van der Waals surface area contributed by atoms with Crippen LogP contribution in [0.5, 0.6) is 0 Å². The van der Waals surface area contributed by atoms with Crippen LogP contribution in [0, 0.1) is 0 Å². The summed E-state index contributed by atoms with van der Waals surface area (Å²) in [6.07, 6.45) is 4.68. The van der Waals surface area contributed by atoms with Crippen LogP contribution in [-0.4, -0.2) is 32.7 Å². The SMILES string of the molecule is O=C1c2nccnc2C(=O)N1C1CC1. The second-order valence-corrected chi connectivity index (χ2v) is 3.47. The lowest BCUT2D eigenvalue weighted by Crippen LogP contribution is -2.32. The van der Waals surface area contributed by atoms with Gasteiger partial charge in [0.15, 0.2) is 11.4 Å². The first-order valence-electron chi connectivity index (χ1n) is 4.48. The first-order valence-corrected chi connectivity index (χ1v) is 4.48. The van der Waals surface area contributed by atoms with Crippen molar-refractivity contribution < 1.29 is 9.59 Å². The third kappa shape index (κ3) is 0.837. The van der Waals surface area contributed by atoms with Gasteiger partial charge in [-0.05, 0) is 12.8 Å². The maximum absolute atomic E-state index is 11.7. The van der Waals surface area contributed by atoms with Crippen LogP contribution in [0.4, 0.5) is 0 Å². The number of carbonyl (C=O) groups is 2. The Morgan fingerprint density at radius 2 is 1.57 bits per heavy atom. The van der Waals surface area contributed by atoms with Gasteiger partial charge in [0.05, 0.1) is 0 Å². The van der Waals surface area contributed by atoms with Crippen LogP contribution in [0.25, 0.3) is 0 Å². The molecule has 5 heteroatoms. The highest BCUT2D eigenvalue weighted by atomic mass is 16.2. The molecule has 14 heavy (non-hydrogen) atoms. The van der Waals surface area contributed by atoms with E-state index in [9.17, 15) is 9.59 Å². The molecule has 0 atom stereocenters. The van der Waals surface area contributed by atoms with Crippen LogP contribution in [0.1, 0.15) is 33.8 Å². The van der Waals surface area contributed by atoms with E-state index in [0.29, 0.717) is 0 Å². The van der Waals surface area contributed by atoms with Crippen LogP contribution in [0.2, 0.25) is 0 Å². The van der Waals surface area contributed by atoms with Crippen molar-refractivity contribution in [3.05, 3.63) is 23.8 Å². The Morgan fingerprint density at radius 1 is 1.07 bits per heavy atom. The van der Waals surface area contributed by atoms with E-state index in [4.69, 9.17) is 0 Å². The molecular formula is C9H7N3O2. The maximum Gasteiger partial charge on any atom is 0.282 e. The van der Waals surface area contributed by atoms with Crippen molar-refractivity contribution in [2.24, 2.45) is 0 Å². The summed E-state index contributed by atoms with van der Waals surface area (Å²) in [6, 6.07) is 0.0889. The van der Waals surface area contributed by atoms with Crippen molar-refractivity contribution >= 4 is 11.8 Å². The first-order chi connectivity index (χ1) is 6.79. The molecular weight excluding hydrogens is 182 g/mol. The Balaban J connectivity index is 2.12. The van der Waals surface area contributed by atoms with Gasteiger partial charge in [0.2, 0.25) is 0 Å². The predicted molar refractivity (Wildman–Crippen MR) is 45.6 cm³/mol. The zero-order valence-corrected chi connectivity index (χ0v) is 7.30. The molecule has 0 saturated heterocycles. The van der Waals surface area contributed by atoms with Gasteiger partial charge in [0.1, 0.15) is 0 Å². The van der Waals surface area contributed by atoms with Gasteiger partial charge in [-0.15, -0.1) is 0 Å². The Kier molecular flexibility index (Phi) is 1.29. The number of carbonyl (C=O) groups excluding carboxylic acids is 2. The maximum atomic E-state index is 11.7. The molecule has 5 nitrogen and oxygen atoms in total. The van der Waals surface area contributed by atoms with Crippen molar-refractivity contribution in [3.63, 3.8) is 0 Å². The van der Waals surface area contributed by atoms with Gasteiger partial charge in [-0.1, -0.05) is 0 Å². The highest BCUT2D eigenvalue weighted by molar-refractivity contribution is 6.19. The molecule has 1 fully saturated rings. The summed E-state index contributed by atoms with van der Waals surface area (Å²) in [7, 11) is 0.